The van der Waals surface area contributed by atoms with Crippen LogP contribution in [0.1, 0.15) is 36.8 Å². The zero-order valence-electron chi connectivity index (χ0n) is 14.1. The number of ether oxygens (including phenoxy) is 1. The molecule has 0 aliphatic heterocycles. The molecule has 0 aliphatic rings. The van der Waals surface area contributed by atoms with Gasteiger partial charge in [0.05, 0.1) is 11.6 Å². The van der Waals surface area contributed by atoms with E-state index in [2.05, 4.69) is 10.3 Å². The highest BCUT2D eigenvalue weighted by Gasteiger charge is 2.24. The molecule has 7 nitrogen and oxygen atoms in total. The van der Waals surface area contributed by atoms with E-state index in [1.54, 1.807) is 25.3 Å². The van der Waals surface area contributed by atoms with Crippen molar-refractivity contribution in [2.24, 2.45) is 5.73 Å². The lowest BCUT2D eigenvalue weighted by Crippen LogP contribution is -2.34. The quantitative estimate of drug-likeness (QED) is 0.727. The smallest absolute Gasteiger partial charge is 0.313 e. The van der Waals surface area contributed by atoms with E-state index in [1.165, 1.54) is 11.3 Å². The Bertz CT molecular complexity index is 820. The van der Waals surface area contributed by atoms with Gasteiger partial charge in [0.1, 0.15) is 16.5 Å². The fourth-order valence-electron chi connectivity index (χ4n) is 2.46. The number of carbonyl (C=O) groups excluding carboxylic acids is 1. The highest BCUT2D eigenvalue weighted by atomic mass is 32.2. The predicted octanol–water partition coefficient (Wildman–Crippen LogP) is 2.48. The van der Waals surface area contributed by atoms with Gasteiger partial charge in [-0.2, -0.15) is 0 Å². The van der Waals surface area contributed by atoms with Crippen molar-refractivity contribution in [2.75, 3.05) is 12.5 Å². The molecular weight excluding hydrogens is 362 g/mol. The van der Waals surface area contributed by atoms with E-state index in [4.69, 9.17) is 10.5 Å². The average Bonchev–Trinajstić information content (AvgIpc) is 3.09. The largest absolute Gasteiger partial charge is 0.493 e. The third-order valence-corrected chi connectivity index (χ3v) is 6.00. The molecule has 0 saturated carbocycles. The standard InChI is InChI=1S/C16H21N3O4S2/c1-3-12(15-18-7-8-24-15)11-5-6-13(23-4-2)14(9-11)25(21,22)10-19-16(17)20/h5-9,12H,3-4,10H2,1-2H3,(H3,17,19,20). The Labute approximate surface area is 151 Å². The minimum Gasteiger partial charge on any atom is -0.493 e. The van der Waals surface area contributed by atoms with Crippen LogP contribution in [0.25, 0.3) is 0 Å². The summed E-state index contributed by atoms with van der Waals surface area (Å²) in [6.45, 7) is 4.12. The van der Waals surface area contributed by atoms with Crippen molar-refractivity contribution in [1.82, 2.24) is 10.3 Å². The molecule has 0 aliphatic carbocycles. The van der Waals surface area contributed by atoms with E-state index in [-0.39, 0.29) is 16.6 Å². The number of thiazole rings is 1. The number of amides is 2. The Balaban J connectivity index is 2.47. The molecule has 2 rings (SSSR count). The first kappa shape index (κ1) is 19.2. The molecule has 0 fully saturated rings. The van der Waals surface area contributed by atoms with E-state index >= 15 is 0 Å². The molecule has 9 heteroatoms. The Morgan fingerprint density at radius 3 is 2.72 bits per heavy atom. The molecular formula is C16H21N3O4S2. The SMILES string of the molecule is CCOc1ccc(C(CC)c2nccs2)cc1S(=O)(=O)CNC(N)=O. The monoisotopic (exact) mass is 383 g/mol. The van der Waals surface area contributed by atoms with E-state index < -0.39 is 21.7 Å². The fraction of sp³-hybridized carbons (Fsp3) is 0.375. The minimum atomic E-state index is -3.80. The summed E-state index contributed by atoms with van der Waals surface area (Å²) in [5.74, 6) is -0.333. The molecule has 136 valence electrons. The van der Waals surface area contributed by atoms with Gasteiger partial charge >= 0.3 is 6.03 Å². The van der Waals surface area contributed by atoms with Gasteiger partial charge in [0.25, 0.3) is 0 Å². The van der Waals surface area contributed by atoms with E-state index in [0.717, 1.165) is 17.0 Å². The van der Waals surface area contributed by atoms with Gasteiger partial charge < -0.3 is 15.8 Å². The first-order valence-corrected chi connectivity index (χ1v) is 10.3. The van der Waals surface area contributed by atoms with Crippen molar-refractivity contribution in [2.45, 2.75) is 31.1 Å². The van der Waals surface area contributed by atoms with Gasteiger partial charge in [-0.25, -0.2) is 18.2 Å². The number of nitrogens with two attached hydrogens (primary N) is 1. The van der Waals surface area contributed by atoms with Crippen LogP contribution < -0.4 is 15.8 Å². The molecule has 2 aromatic rings. The summed E-state index contributed by atoms with van der Waals surface area (Å²) in [6.07, 6.45) is 2.51. The maximum absolute atomic E-state index is 12.6. The van der Waals surface area contributed by atoms with E-state index in [9.17, 15) is 13.2 Å². The lowest BCUT2D eigenvalue weighted by Gasteiger charge is -2.17. The minimum absolute atomic E-state index is 0.00581. The Morgan fingerprint density at radius 1 is 1.40 bits per heavy atom. The van der Waals surface area contributed by atoms with Gasteiger partial charge in [-0.05, 0) is 31.0 Å². The molecule has 3 N–H and O–H groups in total. The molecule has 1 aromatic carbocycles. The molecule has 0 radical (unpaired) electrons. The lowest BCUT2D eigenvalue weighted by atomic mass is 9.97. The molecule has 0 bridgehead atoms. The van der Waals surface area contributed by atoms with Crippen molar-refractivity contribution < 1.29 is 17.9 Å². The molecule has 1 aromatic heterocycles. The predicted molar refractivity (Wildman–Crippen MR) is 96.6 cm³/mol. The first-order chi connectivity index (χ1) is 11.9. The van der Waals surface area contributed by atoms with Gasteiger partial charge in [0.2, 0.25) is 0 Å². The third-order valence-electron chi connectivity index (χ3n) is 3.60. The molecule has 2 amide bonds. The summed E-state index contributed by atoms with van der Waals surface area (Å²) in [4.78, 5) is 15.2. The van der Waals surface area contributed by atoms with Crippen LogP contribution in [0.15, 0.2) is 34.7 Å². The van der Waals surface area contributed by atoms with Crippen molar-refractivity contribution in [3.8, 4) is 5.75 Å². The summed E-state index contributed by atoms with van der Waals surface area (Å²) in [5, 5.41) is 4.94. The number of sulfone groups is 1. The molecule has 1 atom stereocenters. The third kappa shape index (κ3) is 4.70. The van der Waals surface area contributed by atoms with Gasteiger partial charge in [0.15, 0.2) is 9.84 Å². The number of nitrogens with zero attached hydrogens (tertiary/aromatic N) is 1. The molecule has 25 heavy (non-hydrogen) atoms. The Morgan fingerprint density at radius 2 is 2.16 bits per heavy atom. The maximum atomic E-state index is 12.6. The second-order valence-electron chi connectivity index (χ2n) is 5.27. The van der Waals surface area contributed by atoms with Crippen molar-refractivity contribution in [3.05, 3.63) is 40.3 Å². The van der Waals surface area contributed by atoms with Gasteiger partial charge in [0, 0.05) is 17.5 Å². The highest BCUT2D eigenvalue weighted by molar-refractivity contribution is 7.91. The summed E-state index contributed by atoms with van der Waals surface area (Å²) < 4.78 is 30.7. The second-order valence-corrected chi connectivity index (χ2v) is 8.15. The summed E-state index contributed by atoms with van der Waals surface area (Å²) >= 11 is 1.53. The molecule has 1 unspecified atom stereocenters. The van der Waals surface area contributed by atoms with Crippen LogP contribution >= 0.6 is 11.3 Å². The van der Waals surface area contributed by atoms with Crippen LogP contribution in [-0.2, 0) is 9.84 Å². The van der Waals surface area contributed by atoms with Crippen LogP contribution in [0.5, 0.6) is 5.75 Å². The van der Waals surface area contributed by atoms with Crippen LogP contribution in [0, 0.1) is 0 Å². The van der Waals surface area contributed by atoms with E-state index in [1.807, 2.05) is 18.4 Å². The number of urea groups is 1. The number of primary amides is 1. The normalized spacial score (nSPS) is 12.6. The van der Waals surface area contributed by atoms with Crippen LogP contribution in [0.4, 0.5) is 4.79 Å². The van der Waals surface area contributed by atoms with Gasteiger partial charge in [-0.3, -0.25) is 0 Å². The topological polar surface area (TPSA) is 111 Å². The van der Waals surface area contributed by atoms with Crippen molar-refractivity contribution in [1.29, 1.82) is 0 Å². The average molecular weight is 383 g/mol. The highest BCUT2D eigenvalue weighted by Crippen LogP contribution is 2.34. The summed E-state index contributed by atoms with van der Waals surface area (Å²) in [7, 11) is -3.80. The lowest BCUT2D eigenvalue weighted by molar-refractivity contribution is 0.250. The number of aromatic nitrogens is 1. The van der Waals surface area contributed by atoms with Crippen molar-refractivity contribution >= 4 is 27.2 Å². The summed E-state index contributed by atoms with van der Waals surface area (Å²) in [5.41, 5.74) is 5.82. The van der Waals surface area contributed by atoms with Crippen LogP contribution in [0.2, 0.25) is 0 Å². The number of carbonyl (C=O) groups is 1. The Hall–Kier alpha value is -2.13. The zero-order valence-corrected chi connectivity index (χ0v) is 15.7. The van der Waals surface area contributed by atoms with E-state index in [0.29, 0.717) is 6.61 Å². The summed E-state index contributed by atoms with van der Waals surface area (Å²) in [6, 6.07) is 4.19. The number of rotatable bonds is 8. The van der Waals surface area contributed by atoms with Gasteiger partial charge in [-0.15, -0.1) is 11.3 Å². The fourth-order valence-corrected chi connectivity index (χ4v) is 4.55. The maximum Gasteiger partial charge on any atom is 0.313 e. The number of nitrogens with one attached hydrogen (secondary N) is 1. The van der Waals surface area contributed by atoms with Crippen LogP contribution in [-0.4, -0.2) is 31.9 Å². The Kier molecular flexibility index (Phi) is 6.38. The van der Waals surface area contributed by atoms with Crippen LogP contribution in [0.3, 0.4) is 0 Å². The number of hydrogen-bond acceptors (Lipinski definition) is 6. The first-order valence-electron chi connectivity index (χ1n) is 7.81. The van der Waals surface area contributed by atoms with Gasteiger partial charge in [-0.1, -0.05) is 13.0 Å². The molecule has 0 spiro atoms. The zero-order chi connectivity index (χ0) is 18.4. The molecule has 0 saturated heterocycles. The molecule has 1 heterocycles. The number of hydrogen-bond donors (Lipinski definition) is 2. The second kappa shape index (κ2) is 8.30. The van der Waals surface area contributed by atoms with Crippen molar-refractivity contribution in [3.63, 3.8) is 0 Å². The number of benzene rings is 1.